The van der Waals surface area contributed by atoms with Crippen LogP contribution in [0.4, 0.5) is 0 Å². The molecule has 1 heterocycles. The van der Waals surface area contributed by atoms with Crippen molar-refractivity contribution in [3.05, 3.63) is 59.7 Å². The van der Waals surface area contributed by atoms with Crippen LogP contribution >= 0.6 is 0 Å². The number of carboxylic acids is 1. The van der Waals surface area contributed by atoms with Crippen molar-refractivity contribution in [2.45, 2.75) is 147 Å². The maximum atomic E-state index is 14.6. The first-order valence-corrected chi connectivity index (χ1v) is 23.8. The molecule has 0 aliphatic carbocycles. The van der Waals surface area contributed by atoms with Crippen molar-refractivity contribution in [3.8, 4) is 11.5 Å². The molecule has 1 fully saturated rings. The number of nitrogens with one attached hydrogen (secondary N) is 6. The molecule has 1 aliphatic rings. The highest BCUT2D eigenvalue weighted by atomic mass is 16.4. The zero-order chi connectivity index (χ0) is 53.1. The van der Waals surface area contributed by atoms with Gasteiger partial charge in [0.05, 0.1) is 18.6 Å². The Hall–Kier alpha value is -6.85. The van der Waals surface area contributed by atoms with Crippen LogP contribution in [0, 0.1) is 11.8 Å². The Morgan fingerprint density at radius 1 is 0.662 bits per heavy atom. The Bertz CT molecular complexity index is 2160. The average Bonchev–Trinajstić information content (AvgIpc) is 3.80. The molecular formula is C48H72N10O13. The number of amides is 8. The van der Waals surface area contributed by atoms with E-state index < -0.39 is 120 Å². The van der Waals surface area contributed by atoms with E-state index in [-0.39, 0.29) is 62.6 Å². The number of aliphatic hydroxyl groups is 1. The van der Waals surface area contributed by atoms with Crippen LogP contribution in [0.15, 0.2) is 48.5 Å². The summed E-state index contributed by atoms with van der Waals surface area (Å²) in [5, 5.41) is 55.0. The number of aromatic hydroxyl groups is 2. The molecule has 0 radical (unpaired) electrons. The van der Waals surface area contributed by atoms with E-state index in [0.717, 1.165) is 0 Å². The molecule has 1 saturated heterocycles. The molecule has 2 aromatic rings. The molecule has 0 bridgehead atoms. The van der Waals surface area contributed by atoms with E-state index in [2.05, 4.69) is 31.9 Å². The van der Waals surface area contributed by atoms with Crippen LogP contribution in [0.25, 0.3) is 0 Å². The summed E-state index contributed by atoms with van der Waals surface area (Å²) in [6.07, 6.45) is -0.964. The van der Waals surface area contributed by atoms with Gasteiger partial charge in [-0.15, -0.1) is 0 Å². The van der Waals surface area contributed by atoms with Gasteiger partial charge >= 0.3 is 5.97 Å². The normalized spacial score (nSPS) is 16.8. The van der Waals surface area contributed by atoms with Crippen molar-refractivity contribution < 1.29 is 63.6 Å². The highest BCUT2D eigenvalue weighted by Crippen LogP contribution is 2.22. The van der Waals surface area contributed by atoms with Gasteiger partial charge in [-0.2, -0.15) is 0 Å². The molecule has 0 saturated carbocycles. The molecule has 16 N–H and O–H groups in total. The van der Waals surface area contributed by atoms with Crippen LogP contribution in [-0.2, 0) is 56.0 Å². The second kappa shape index (κ2) is 28.1. The van der Waals surface area contributed by atoms with E-state index in [1.54, 1.807) is 39.8 Å². The van der Waals surface area contributed by atoms with Crippen LogP contribution in [0.5, 0.6) is 11.5 Å². The van der Waals surface area contributed by atoms with Crippen LogP contribution in [0.1, 0.15) is 90.7 Å². The Labute approximate surface area is 412 Å². The number of carbonyl (C=O) groups is 9. The molecule has 3 rings (SSSR count). The predicted octanol–water partition coefficient (Wildman–Crippen LogP) is -1.72. The number of phenolic OH excluding ortho intramolecular Hbond substituents is 2. The Kier molecular flexibility index (Phi) is 23.1. The third-order valence-corrected chi connectivity index (χ3v) is 11.8. The number of benzene rings is 2. The lowest BCUT2D eigenvalue weighted by Gasteiger charge is -2.31. The summed E-state index contributed by atoms with van der Waals surface area (Å²) < 4.78 is 0. The highest BCUT2D eigenvalue weighted by Gasteiger charge is 2.41. The van der Waals surface area contributed by atoms with Crippen LogP contribution < -0.4 is 49.1 Å². The van der Waals surface area contributed by atoms with Gasteiger partial charge in [0.1, 0.15) is 53.8 Å². The molecular weight excluding hydrogens is 925 g/mol. The second-order valence-corrected chi connectivity index (χ2v) is 18.7. The quantitative estimate of drug-likeness (QED) is 0.0422. The lowest BCUT2D eigenvalue weighted by atomic mass is 9.99. The summed E-state index contributed by atoms with van der Waals surface area (Å²) in [4.78, 5) is 122. The lowest BCUT2D eigenvalue weighted by Crippen LogP contribution is -2.62. The highest BCUT2D eigenvalue weighted by molar-refractivity contribution is 5.98. The first-order chi connectivity index (χ1) is 33.4. The number of rotatable bonds is 28. The Morgan fingerprint density at radius 2 is 1.18 bits per heavy atom. The molecule has 9 atom stereocenters. The van der Waals surface area contributed by atoms with Crippen LogP contribution in [0.3, 0.4) is 0 Å². The van der Waals surface area contributed by atoms with E-state index in [1.165, 1.54) is 48.2 Å². The number of aliphatic carboxylic acids is 1. The third kappa shape index (κ3) is 18.8. The summed E-state index contributed by atoms with van der Waals surface area (Å²) in [7, 11) is 0. The van der Waals surface area contributed by atoms with Crippen molar-refractivity contribution in [2.75, 3.05) is 13.1 Å². The number of unbranched alkanes of at least 4 members (excludes halogenated alkanes) is 1. The first kappa shape index (κ1) is 58.5. The maximum Gasteiger partial charge on any atom is 0.326 e. The fourth-order valence-corrected chi connectivity index (χ4v) is 7.93. The van der Waals surface area contributed by atoms with Crippen molar-refractivity contribution >= 4 is 53.2 Å². The predicted molar refractivity (Wildman–Crippen MR) is 258 cm³/mol. The molecule has 71 heavy (non-hydrogen) atoms. The molecule has 1 aliphatic heterocycles. The number of likely N-dealkylation sites (tertiary alicyclic amines) is 1. The maximum absolute atomic E-state index is 14.6. The number of hydrogen-bond donors (Lipinski definition) is 13. The fourth-order valence-electron chi connectivity index (χ4n) is 7.93. The molecule has 392 valence electrons. The minimum Gasteiger partial charge on any atom is -0.508 e. The van der Waals surface area contributed by atoms with Gasteiger partial charge in [-0.3, -0.25) is 38.4 Å². The van der Waals surface area contributed by atoms with Crippen molar-refractivity contribution in [1.82, 2.24) is 36.8 Å². The third-order valence-electron chi connectivity index (χ3n) is 11.8. The van der Waals surface area contributed by atoms with E-state index >= 15 is 0 Å². The summed E-state index contributed by atoms with van der Waals surface area (Å²) in [6.45, 7) is 8.28. The van der Waals surface area contributed by atoms with Gasteiger partial charge in [0.2, 0.25) is 47.3 Å². The first-order valence-electron chi connectivity index (χ1n) is 23.8. The van der Waals surface area contributed by atoms with Gasteiger partial charge < -0.3 is 74.4 Å². The number of phenols is 2. The molecule has 0 unspecified atom stereocenters. The SMILES string of the molecule is CC(C)C[C@H](NC(=O)[C@H](CC(N)=O)NC(=O)[C@@H]1CCCN1C(=O)[C@H](Cc1ccc(O)cc1)NC(=O)[C@H](CCCCN)NC(=O)[C@@H](NC(=O)[C@@H](NC(=O)[C@@H](N)Cc1ccc(O)cc1)[C@@H](C)O)C(C)C)C(=O)O. The number of aliphatic hydroxyl groups excluding tert-OH is 1. The summed E-state index contributed by atoms with van der Waals surface area (Å²) in [5.74, 6) is -8.97. The minimum absolute atomic E-state index is 0.0155. The number of primary amides is 1. The summed E-state index contributed by atoms with van der Waals surface area (Å²) >= 11 is 0. The standard InChI is InChI=1S/C48H72N10O13/c1-25(2)21-36(48(70)71)55-43(65)34(24-38(51)62)53-44(66)37-10-8-20-58(37)47(69)35(23-29-13-17-31(61)18-14-29)54-42(64)33(9-6-7-19-49)52-45(67)39(26(3)4)56-46(68)40(27(5)59)57-41(63)32(50)22-28-11-15-30(60)16-12-28/h11-18,25-27,32-37,39-40,59-61H,6-10,19-24,49-50H2,1-5H3,(H2,51,62)(H,52,67)(H,53,66)(H,54,64)(H,55,65)(H,56,68)(H,57,63)(H,70,71)/t27-,32+,33+,34+,35+,36+,37+,39+,40+/m1/s1. The number of carboxylic acid groups (broad SMARTS) is 1. The van der Waals surface area contributed by atoms with E-state index in [9.17, 15) is 63.6 Å². The van der Waals surface area contributed by atoms with Gasteiger partial charge in [0.25, 0.3) is 0 Å². The Balaban J connectivity index is 1.87. The van der Waals surface area contributed by atoms with Gasteiger partial charge in [-0.1, -0.05) is 52.0 Å². The van der Waals surface area contributed by atoms with Gasteiger partial charge in [-0.25, -0.2) is 4.79 Å². The van der Waals surface area contributed by atoms with Crippen LogP contribution in [-0.4, -0.2) is 146 Å². The number of nitrogens with two attached hydrogens (primary N) is 3. The second-order valence-electron chi connectivity index (χ2n) is 18.7. The molecule has 2 aromatic carbocycles. The lowest BCUT2D eigenvalue weighted by molar-refractivity contribution is -0.144. The minimum atomic E-state index is -1.59. The zero-order valence-electron chi connectivity index (χ0n) is 40.9. The zero-order valence-corrected chi connectivity index (χ0v) is 40.9. The topological polar surface area (TPSA) is 388 Å². The molecule has 8 amide bonds. The van der Waals surface area contributed by atoms with Crippen molar-refractivity contribution in [3.63, 3.8) is 0 Å². The largest absolute Gasteiger partial charge is 0.508 e. The molecule has 23 heteroatoms. The number of nitrogens with zero attached hydrogens (tertiary/aromatic N) is 1. The molecule has 0 spiro atoms. The monoisotopic (exact) mass is 997 g/mol. The van der Waals surface area contributed by atoms with E-state index in [4.69, 9.17) is 17.2 Å². The summed E-state index contributed by atoms with van der Waals surface area (Å²) in [5.41, 5.74) is 18.4. The molecule has 23 nitrogen and oxygen atoms in total. The van der Waals surface area contributed by atoms with Gasteiger partial charge in [0, 0.05) is 13.0 Å². The number of carbonyl (C=O) groups excluding carboxylic acids is 8. The smallest absolute Gasteiger partial charge is 0.326 e. The Morgan fingerprint density at radius 3 is 1.70 bits per heavy atom. The van der Waals surface area contributed by atoms with Crippen molar-refractivity contribution in [2.24, 2.45) is 29.0 Å². The van der Waals surface area contributed by atoms with E-state index in [0.29, 0.717) is 30.4 Å². The summed E-state index contributed by atoms with van der Waals surface area (Å²) in [6, 6.07) is 0.920. The van der Waals surface area contributed by atoms with Gasteiger partial charge in [-0.05, 0) is 106 Å². The van der Waals surface area contributed by atoms with Crippen LogP contribution in [0.2, 0.25) is 0 Å². The number of hydrogen-bond acceptors (Lipinski definition) is 14. The van der Waals surface area contributed by atoms with E-state index in [1.807, 2.05) is 0 Å². The van der Waals surface area contributed by atoms with Gasteiger partial charge in [0.15, 0.2) is 0 Å². The van der Waals surface area contributed by atoms with Crippen molar-refractivity contribution in [1.29, 1.82) is 0 Å². The fraction of sp³-hybridized carbons (Fsp3) is 0.562. The average molecular weight is 997 g/mol. The molecule has 0 aromatic heterocycles.